The van der Waals surface area contributed by atoms with E-state index in [1.54, 1.807) is 157 Å². The third-order valence-electron chi connectivity index (χ3n) is 6.71. The van der Waals surface area contributed by atoms with Gasteiger partial charge in [-0.15, -0.1) is 11.3 Å². The van der Waals surface area contributed by atoms with Crippen LogP contribution in [0.5, 0.6) is 0 Å². The molecule has 3 aliphatic heterocycles. The van der Waals surface area contributed by atoms with Crippen molar-refractivity contribution in [1.82, 2.24) is 49.8 Å². The maximum Gasteiger partial charge on any atom is 0.180 e. The monoisotopic (exact) mass is 1180 g/mol. The highest BCUT2D eigenvalue weighted by Crippen LogP contribution is 1.94. The summed E-state index contributed by atoms with van der Waals surface area (Å²) in [5, 5.41) is 32.9. The molecule has 0 spiro atoms. The smallest absolute Gasteiger partial charge is 0.180 e. The summed E-state index contributed by atoms with van der Waals surface area (Å²) < 4.78 is 21.5. The minimum Gasteiger partial charge on any atom is -0.473 e. The molecule has 0 bridgehead atoms. The molecule has 1 aliphatic carbocycles. The molecular formula is C60H76N14O4S4. The van der Waals surface area contributed by atoms with Gasteiger partial charge in [-0.2, -0.15) is 43.1 Å². The van der Waals surface area contributed by atoms with Crippen LogP contribution in [-0.4, -0.2) is 75.3 Å². The molecule has 11 aromatic heterocycles. The number of rotatable bonds is 0. The second-order valence-electron chi connectivity index (χ2n) is 12.4. The SMILES string of the molecule is C.C.C.C.C1=CCC=C1.C1=CCN=C1.C1=CN=CC1.C1=CN=NC1.c1ccncc1.c1ccnnc1.c1ccoc1.c1ccsc1.c1ccsc1.c1cncnc1.c1cnoc1.c1cnoc1.c1cnsc1.c1cocn1.c1cscn1. The number of nitrogens with zero attached hydrogens (tertiary/aromatic N) is 14. The average molecular weight is 1190 g/mol. The third kappa shape index (κ3) is 72.6. The van der Waals surface area contributed by atoms with Crippen LogP contribution in [-0.2, 0) is 0 Å². The molecule has 15 rings (SSSR count). The van der Waals surface area contributed by atoms with Crippen LogP contribution in [0.3, 0.4) is 0 Å². The van der Waals surface area contributed by atoms with Crippen LogP contribution in [0.15, 0.2) is 340 Å². The summed E-state index contributed by atoms with van der Waals surface area (Å²) >= 11 is 6.49. The summed E-state index contributed by atoms with van der Waals surface area (Å²) in [4.78, 5) is 26.1. The highest BCUT2D eigenvalue weighted by atomic mass is 32.1. The Labute approximate surface area is 500 Å². The standard InChI is InChI=1S/C5H5N.C5H6.2C4H4N2.2C4H5N.C4H4O.2C4H4S.C3H4N2.3C3H3NO.2C3H3NS.4CH4/c1-2-4-6-5-3-1;1-2-4-5-3-1;1-2-5-4-6-3-1;1-2-4-6-5-3-1;6*1-2-4-5-3-1;1-2-5-3-4-1;2*1-2-4-5-3-1;1-2-5-3-4-1;1-2-4-5-3-1;;;;/h1-5H;1-4H,5H2;2*1-4H;1,3-4H,2H2;1-3H,4H2;3*1-4H;1-2H,3H2;5*1-3H;4*1H4. The van der Waals surface area contributed by atoms with Crippen LogP contribution < -0.4 is 0 Å². The number of allylic oxidation sites excluding steroid dienone is 6. The fraction of sp³-hybridized carbons (Fsp3) is 0.133. The molecule has 0 aromatic carbocycles. The predicted molar refractivity (Wildman–Crippen MR) is 343 cm³/mol. The fourth-order valence-electron chi connectivity index (χ4n) is 3.62. The number of furan rings is 1. The zero-order valence-electron chi connectivity index (χ0n) is 42.4. The van der Waals surface area contributed by atoms with E-state index in [4.69, 9.17) is 0 Å². The molecule has 18 nitrogen and oxygen atoms in total. The maximum atomic E-state index is 4.58. The predicted octanol–water partition coefficient (Wildman–Crippen LogP) is 17.7. The molecule has 0 atom stereocenters. The molecule has 4 aliphatic rings. The first-order chi connectivity index (χ1) is 39.0. The minimum atomic E-state index is 0. The maximum absolute atomic E-state index is 4.58. The van der Waals surface area contributed by atoms with E-state index in [1.807, 2.05) is 136 Å². The van der Waals surface area contributed by atoms with Gasteiger partial charge in [-0.05, 0) is 112 Å². The highest BCUT2D eigenvalue weighted by molar-refractivity contribution is 7.08. The number of hydrogen-bond acceptors (Lipinski definition) is 22. The molecule has 0 unspecified atom stereocenters. The lowest BCUT2D eigenvalue weighted by Crippen LogP contribution is -1.69. The summed E-state index contributed by atoms with van der Waals surface area (Å²) in [5.41, 5.74) is 1.79. The Hall–Kier alpha value is -9.48. The van der Waals surface area contributed by atoms with E-state index in [2.05, 4.69) is 112 Å². The number of thiazole rings is 1. The van der Waals surface area contributed by atoms with E-state index in [-0.39, 0.29) is 29.7 Å². The van der Waals surface area contributed by atoms with Gasteiger partial charge < -0.3 is 17.9 Å². The average Bonchev–Trinajstić information content (AvgIpc) is 4.36. The van der Waals surface area contributed by atoms with Gasteiger partial charge in [-0.1, -0.05) is 107 Å². The van der Waals surface area contributed by atoms with Gasteiger partial charge in [-0.3, -0.25) is 20.0 Å². The van der Waals surface area contributed by atoms with Crippen molar-refractivity contribution in [3.8, 4) is 0 Å². The van der Waals surface area contributed by atoms with Crippen LogP contribution in [0.1, 0.15) is 42.5 Å². The summed E-state index contributed by atoms with van der Waals surface area (Å²) in [6.07, 6.45) is 54.7. The molecular weight excluding hydrogens is 1110 g/mol. The van der Waals surface area contributed by atoms with Crippen LogP contribution in [0.25, 0.3) is 0 Å². The number of oxazole rings is 1. The number of thiophene rings is 2. The van der Waals surface area contributed by atoms with Crippen LogP contribution in [0.2, 0.25) is 0 Å². The van der Waals surface area contributed by atoms with E-state index >= 15 is 0 Å². The van der Waals surface area contributed by atoms with Crippen LogP contribution >= 0.6 is 45.5 Å². The number of aromatic nitrogens is 10. The summed E-state index contributed by atoms with van der Waals surface area (Å²) in [7, 11) is 0. The summed E-state index contributed by atoms with van der Waals surface area (Å²) in [6, 6.07) is 28.2. The van der Waals surface area contributed by atoms with Gasteiger partial charge in [0.1, 0.15) is 25.1 Å². The van der Waals surface area contributed by atoms with Gasteiger partial charge in [-0.25, -0.2) is 19.3 Å². The molecule has 434 valence electrons. The van der Waals surface area contributed by atoms with Crippen molar-refractivity contribution >= 4 is 58.0 Å². The molecule has 0 saturated carbocycles. The number of azo groups is 1. The van der Waals surface area contributed by atoms with Crippen molar-refractivity contribution in [2.45, 2.75) is 42.5 Å². The molecule has 14 heterocycles. The Morgan fingerprint density at radius 3 is 1.20 bits per heavy atom. The largest absolute Gasteiger partial charge is 0.473 e. The topological polar surface area (TPSA) is 231 Å². The molecule has 22 heteroatoms. The Kier molecular flexibility index (Phi) is 73.0. The van der Waals surface area contributed by atoms with Gasteiger partial charge in [0.25, 0.3) is 0 Å². The van der Waals surface area contributed by atoms with Crippen molar-refractivity contribution in [2.75, 3.05) is 13.1 Å². The van der Waals surface area contributed by atoms with Gasteiger partial charge in [0.2, 0.25) is 0 Å². The van der Waals surface area contributed by atoms with Gasteiger partial charge in [0.05, 0.1) is 49.7 Å². The number of hydrogen-bond donors (Lipinski definition) is 0. The lowest BCUT2D eigenvalue weighted by Gasteiger charge is -1.70. The Bertz CT molecular complexity index is 2050. The molecule has 0 radical (unpaired) electrons. The number of aliphatic imine (C=N–C) groups is 2. The van der Waals surface area contributed by atoms with Crippen LogP contribution in [0, 0.1) is 0 Å². The number of pyridine rings is 1. The van der Waals surface area contributed by atoms with Gasteiger partial charge >= 0.3 is 0 Å². The van der Waals surface area contributed by atoms with Crippen LogP contribution in [0.4, 0.5) is 0 Å². The second kappa shape index (κ2) is 75.8. The Morgan fingerprint density at radius 1 is 0.390 bits per heavy atom. The molecule has 82 heavy (non-hydrogen) atoms. The zero-order valence-corrected chi connectivity index (χ0v) is 45.6. The van der Waals surface area contributed by atoms with E-state index in [9.17, 15) is 0 Å². The summed E-state index contributed by atoms with van der Waals surface area (Å²) in [6.45, 7) is 1.67. The lowest BCUT2D eigenvalue weighted by atomic mass is 10.5. The van der Waals surface area contributed by atoms with E-state index in [1.165, 1.54) is 43.0 Å². The molecule has 0 amide bonds. The highest BCUT2D eigenvalue weighted by Gasteiger charge is 1.75. The summed E-state index contributed by atoms with van der Waals surface area (Å²) in [5.74, 6) is 0. The second-order valence-corrected chi connectivity index (χ2v) is 15.5. The third-order valence-corrected chi connectivity index (χ3v) is 9.01. The molecule has 0 fully saturated rings. The molecule has 11 aromatic rings. The lowest BCUT2D eigenvalue weighted by molar-refractivity contribution is 0.419. The first-order valence-corrected chi connectivity index (χ1v) is 26.7. The van der Waals surface area contributed by atoms with Crippen molar-refractivity contribution < 1.29 is 17.9 Å². The van der Waals surface area contributed by atoms with Crippen molar-refractivity contribution in [1.29, 1.82) is 0 Å². The Morgan fingerprint density at radius 2 is 1.04 bits per heavy atom. The normalized spacial score (nSPS) is 9.95. The van der Waals surface area contributed by atoms with Gasteiger partial charge in [0.15, 0.2) is 6.39 Å². The first-order valence-electron chi connectivity index (χ1n) is 23.0. The molecule has 0 saturated heterocycles. The van der Waals surface area contributed by atoms with Crippen molar-refractivity contribution in [3.63, 3.8) is 0 Å². The molecule has 0 N–H and O–H groups in total. The van der Waals surface area contributed by atoms with E-state index in [0.717, 1.165) is 25.9 Å². The fourth-order valence-corrected chi connectivity index (χ4v) is 5.23. The first kappa shape index (κ1) is 79.0. The van der Waals surface area contributed by atoms with Gasteiger partial charge in [0, 0.05) is 91.6 Å². The van der Waals surface area contributed by atoms with Crippen molar-refractivity contribution in [3.05, 3.63) is 302 Å². The Balaban J connectivity index is -0.000000396. The van der Waals surface area contributed by atoms with E-state index in [0.29, 0.717) is 0 Å². The minimum absolute atomic E-state index is 0. The zero-order chi connectivity index (χ0) is 55.2. The van der Waals surface area contributed by atoms with Crippen molar-refractivity contribution in [2.24, 2.45) is 20.2 Å². The quantitative estimate of drug-likeness (QED) is 0.137. The van der Waals surface area contributed by atoms with E-state index < -0.39 is 0 Å².